The summed E-state index contributed by atoms with van der Waals surface area (Å²) in [5.74, 6) is -0.219. The molecule has 6 nitrogen and oxygen atoms in total. The lowest BCUT2D eigenvalue weighted by Gasteiger charge is -2.12. The molecule has 4 aromatic rings. The Labute approximate surface area is 190 Å². The van der Waals surface area contributed by atoms with Crippen molar-refractivity contribution in [2.75, 3.05) is 6.61 Å². The number of aryl methyl sites for hydroxylation is 2. The Morgan fingerprint density at radius 2 is 1.91 bits per heavy atom. The van der Waals surface area contributed by atoms with Crippen molar-refractivity contribution in [3.8, 4) is 17.1 Å². The monoisotopic (exact) mass is 450 g/mol. The van der Waals surface area contributed by atoms with Crippen LogP contribution in [0.15, 0.2) is 54.7 Å². The molecule has 3 heterocycles. The summed E-state index contributed by atoms with van der Waals surface area (Å²) in [5.41, 5.74) is 3.05. The van der Waals surface area contributed by atoms with Gasteiger partial charge in [0, 0.05) is 42.6 Å². The van der Waals surface area contributed by atoms with Gasteiger partial charge in [-0.15, -0.1) is 0 Å². The van der Waals surface area contributed by atoms with E-state index in [4.69, 9.17) is 4.74 Å². The molecule has 0 fully saturated rings. The molecule has 1 atom stereocenters. The van der Waals surface area contributed by atoms with Crippen molar-refractivity contribution in [3.63, 3.8) is 0 Å². The van der Waals surface area contributed by atoms with E-state index >= 15 is 0 Å². The number of carbonyl (C=O) groups excluding carboxylic acids is 1. The van der Waals surface area contributed by atoms with Gasteiger partial charge in [0.1, 0.15) is 12.3 Å². The van der Waals surface area contributed by atoms with Crippen LogP contribution in [0.4, 0.5) is 8.78 Å². The fourth-order valence-corrected chi connectivity index (χ4v) is 3.74. The van der Waals surface area contributed by atoms with E-state index < -0.39 is 6.43 Å². The van der Waals surface area contributed by atoms with E-state index in [0.29, 0.717) is 5.69 Å². The maximum Gasteiger partial charge on any atom is 0.264 e. The Kier molecular flexibility index (Phi) is 6.44. The van der Waals surface area contributed by atoms with E-state index in [9.17, 15) is 13.6 Å². The highest BCUT2D eigenvalue weighted by atomic mass is 19.3. The first-order valence-electron chi connectivity index (χ1n) is 10.6. The summed E-state index contributed by atoms with van der Waals surface area (Å²) in [4.78, 5) is 21.1. The SMILES string of the molecule is Cc1ccc(C(C)CC(=O)COc2cc(C(F)F)c3c(-c4ccccc4)nn(C)c3n2)cn1. The van der Waals surface area contributed by atoms with Crippen LogP contribution in [0, 0.1) is 6.92 Å². The second kappa shape index (κ2) is 9.44. The van der Waals surface area contributed by atoms with Crippen molar-refractivity contribution in [2.24, 2.45) is 7.05 Å². The minimum atomic E-state index is -2.76. The molecular formula is C25H24F2N4O2. The standard InChI is InChI=1S/C25H24F2N4O2/c1-15(18-10-9-16(2)28-13-18)11-19(32)14-33-21-12-20(24(26)27)22-23(17-7-5-4-6-8-17)30-31(3)25(22)29-21/h4-10,12-13,15,24H,11,14H2,1-3H3. The summed E-state index contributed by atoms with van der Waals surface area (Å²) in [7, 11) is 1.64. The Morgan fingerprint density at radius 3 is 2.58 bits per heavy atom. The predicted octanol–water partition coefficient (Wildman–Crippen LogP) is 5.42. The number of carbonyl (C=O) groups is 1. The van der Waals surface area contributed by atoms with Crippen molar-refractivity contribution < 1.29 is 18.3 Å². The lowest BCUT2D eigenvalue weighted by molar-refractivity contribution is -0.121. The molecule has 3 aromatic heterocycles. The van der Waals surface area contributed by atoms with Crippen molar-refractivity contribution in [1.82, 2.24) is 19.7 Å². The lowest BCUT2D eigenvalue weighted by atomic mass is 9.97. The van der Waals surface area contributed by atoms with Crippen LogP contribution >= 0.6 is 0 Å². The third kappa shape index (κ3) is 4.89. The number of hydrogen-bond acceptors (Lipinski definition) is 5. The second-order valence-corrected chi connectivity index (χ2v) is 8.05. The van der Waals surface area contributed by atoms with Crippen LogP contribution in [0.3, 0.4) is 0 Å². The maximum absolute atomic E-state index is 14.0. The number of alkyl halides is 2. The van der Waals surface area contributed by atoms with Gasteiger partial charge in [-0.1, -0.05) is 43.3 Å². The van der Waals surface area contributed by atoms with Gasteiger partial charge in [0.15, 0.2) is 11.4 Å². The number of Topliss-reactive ketones (excluding diaryl/α,β-unsaturated/α-hetero) is 1. The largest absolute Gasteiger partial charge is 0.470 e. The number of fused-ring (bicyclic) bond motifs is 1. The molecule has 170 valence electrons. The molecule has 1 aromatic carbocycles. The number of rotatable bonds is 8. The topological polar surface area (TPSA) is 69.9 Å². The van der Waals surface area contributed by atoms with E-state index in [-0.39, 0.29) is 47.2 Å². The molecular weight excluding hydrogens is 426 g/mol. The third-order valence-electron chi connectivity index (χ3n) is 5.50. The first-order valence-corrected chi connectivity index (χ1v) is 10.6. The summed E-state index contributed by atoms with van der Waals surface area (Å²) >= 11 is 0. The first-order chi connectivity index (χ1) is 15.8. The molecule has 0 radical (unpaired) electrons. The summed E-state index contributed by atoms with van der Waals surface area (Å²) in [5, 5.41) is 4.69. The number of aromatic nitrogens is 4. The zero-order chi connectivity index (χ0) is 23.5. The summed E-state index contributed by atoms with van der Waals surface area (Å²) in [6.45, 7) is 3.58. The van der Waals surface area contributed by atoms with Crippen LogP contribution in [0.25, 0.3) is 22.3 Å². The number of pyridine rings is 2. The average Bonchev–Trinajstić information content (AvgIpc) is 3.14. The fraction of sp³-hybridized carbons (Fsp3) is 0.280. The normalized spacial score (nSPS) is 12.3. The van der Waals surface area contributed by atoms with Crippen molar-refractivity contribution in [1.29, 1.82) is 0 Å². The van der Waals surface area contributed by atoms with Crippen LogP contribution < -0.4 is 4.74 Å². The van der Waals surface area contributed by atoms with Crippen molar-refractivity contribution in [3.05, 3.63) is 71.5 Å². The average molecular weight is 450 g/mol. The Morgan fingerprint density at radius 1 is 1.15 bits per heavy atom. The number of ether oxygens (including phenoxy) is 1. The lowest BCUT2D eigenvalue weighted by Crippen LogP contribution is -2.15. The molecule has 0 aliphatic carbocycles. The van der Waals surface area contributed by atoms with Gasteiger partial charge in [-0.3, -0.25) is 9.78 Å². The third-order valence-corrected chi connectivity index (χ3v) is 5.50. The fourth-order valence-electron chi connectivity index (χ4n) is 3.74. The van der Waals surface area contributed by atoms with E-state index in [1.165, 1.54) is 10.7 Å². The number of ketones is 1. The van der Waals surface area contributed by atoms with E-state index in [2.05, 4.69) is 15.1 Å². The summed E-state index contributed by atoms with van der Waals surface area (Å²) in [6, 6.07) is 14.1. The molecule has 0 saturated heterocycles. The van der Waals surface area contributed by atoms with Crippen LogP contribution in [0.1, 0.15) is 42.5 Å². The molecule has 4 rings (SSSR count). The highest BCUT2D eigenvalue weighted by Gasteiger charge is 2.23. The predicted molar refractivity (Wildman–Crippen MR) is 121 cm³/mol. The first kappa shape index (κ1) is 22.5. The second-order valence-electron chi connectivity index (χ2n) is 8.05. The molecule has 0 amide bonds. The van der Waals surface area contributed by atoms with Gasteiger partial charge in [0.05, 0.1) is 5.39 Å². The number of hydrogen-bond donors (Lipinski definition) is 0. The Hall–Kier alpha value is -3.68. The molecule has 0 bridgehead atoms. The zero-order valence-corrected chi connectivity index (χ0v) is 18.6. The Bertz CT molecular complexity index is 1270. The smallest absolute Gasteiger partial charge is 0.264 e. The quantitative estimate of drug-likeness (QED) is 0.359. The van der Waals surface area contributed by atoms with Gasteiger partial charge in [0.25, 0.3) is 6.43 Å². The van der Waals surface area contributed by atoms with Crippen LogP contribution in [-0.2, 0) is 11.8 Å². The highest BCUT2D eigenvalue weighted by molar-refractivity contribution is 5.94. The van der Waals surface area contributed by atoms with Crippen molar-refractivity contribution >= 4 is 16.8 Å². The van der Waals surface area contributed by atoms with Crippen LogP contribution in [-0.4, -0.2) is 32.1 Å². The van der Waals surface area contributed by atoms with E-state index in [1.54, 1.807) is 13.2 Å². The summed E-state index contributed by atoms with van der Waals surface area (Å²) < 4.78 is 34.9. The van der Waals surface area contributed by atoms with Gasteiger partial charge in [0.2, 0.25) is 5.88 Å². The molecule has 0 aliphatic rings. The minimum absolute atomic E-state index is 0.0292. The maximum atomic E-state index is 14.0. The van der Waals surface area contributed by atoms with Gasteiger partial charge < -0.3 is 4.74 Å². The molecule has 0 N–H and O–H groups in total. The molecule has 1 unspecified atom stereocenters. The minimum Gasteiger partial charge on any atom is -0.470 e. The Balaban J connectivity index is 1.55. The zero-order valence-electron chi connectivity index (χ0n) is 18.6. The number of nitrogens with zero attached hydrogens (tertiary/aromatic N) is 4. The number of halogens is 2. The van der Waals surface area contributed by atoms with Crippen LogP contribution in [0.5, 0.6) is 5.88 Å². The van der Waals surface area contributed by atoms with Crippen molar-refractivity contribution in [2.45, 2.75) is 32.6 Å². The van der Waals surface area contributed by atoms with Gasteiger partial charge in [-0.25, -0.2) is 13.5 Å². The summed E-state index contributed by atoms with van der Waals surface area (Å²) in [6.07, 6.45) is -0.752. The van der Waals surface area contributed by atoms with Gasteiger partial charge in [-0.2, -0.15) is 10.1 Å². The van der Waals surface area contributed by atoms with Crippen LogP contribution in [0.2, 0.25) is 0 Å². The van der Waals surface area contributed by atoms with Gasteiger partial charge >= 0.3 is 0 Å². The molecule has 33 heavy (non-hydrogen) atoms. The van der Waals surface area contributed by atoms with E-state index in [1.807, 2.05) is 56.3 Å². The van der Waals surface area contributed by atoms with Gasteiger partial charge in [-0.05, 0) is 24.5 Å². The molecule has 8 heteroatoms. The molecule has 0 aliphatic heterocycles. The molecule has 0 spiro atoms. The molecule has 0 saturated carbocycles. The highest BCUT2D eigenvalue weighted by Crippen LogP contribution is 2.36. The van der Waals surface area contributed by atoms with E-state index in [0.717, 1.165) is 16.8 Å². The number of benzene rings is 1.